The second kappa shape index (κ2) is 7.87. The largest absolute Gasteiger partial charge is 0.492 e. The molecule has 5 heteroatoms. The third kappa shape index (κ3) is 4.35. The Morgan fingerprint density at radius 2 is 2.00 bits per heavy atom. The summed E-state index contributed by atoms with van der Waals surface area (Å²) in [5.74, 6) is 1.48. The average molecular weight is 396 g/mol. The predicted octanol–water partition coefficient (Wildman–Crippen LogP) is 4.14. The topological polar surface area (TPSA) is 42.8 Å². The van der Waals surface area contributed by atoms with Crippen LogP contribution in [0.3, 0.4) is 0 Å². The van der Waals surface area contributed by atoms with Crippen molar-refractivity contribution in [2.24, 2.45) is 5.10 Å². The Labute approximate surface area is 138 Å². The number of anilines is 1. The molecule has 0 atom stereocenters. The van der Waals surface area contributed by atoms with Crippen molar-refractivity contribution < 1.29 is 9.47 Å². The van der Waals surface area contributed by atoms with Gasteiger partial charge in [-0.05, 0) is 59.3 Å². The van der Waals surface area contributed by atoms with Crippen LogP contribution in [0.1, 0.15) is 12.5 Å². The van der Waals surface area contributed by atoms with E-state index in [1.54, 1.807) is 13.3 Å². The van der Waals surface area contributed by atoms with E-state index in [1.165, 1.54) is 0 Å². The molecule has 0 heterocycles. The van der Waals surface area contributed by atoms with Crippen molar-refractivity contribution in [2.45, 2.75) is 6.92 Å². The molecule has 4 nitrogen and oxygen atoms in total. The first-order chi connectivity index (χ1) is 10.2. The molecule has 2 aromatic carbocycles. The zero-order valence-electron chi connectivity index (χ0n) is 12.0. The van der Waals surface area contributed by atoms with Gasteiger partial charge in [0.15, 0.2) is 11.5 Å². The smallest absolute Gasteiger partial charge is 0.174 e. The maximum atomic E-state index is 5.60. The van der Waals surface area contributed by atoms with Gasteiger partial charge >= 0.3 is 0 Å². The Balaban J connectivity index is 2.16. The van der Waals surface area contributed by atoms with E-state index in [0.29, 0.717) is 6.61 Å². The van der Waals surface area contributed by atoms with Gasteiger partial charge in [0.05, 0.1) is 29.2 Å². The predicted molar refractivity (Wildman–Crippen MR) is 94.5 cm³/mol. The van der Waals surface area contributed by atoms with E-state index in [1.807, 2.05) is 49.4 Å². The summed E-state index contributed by atoms with van der Waals surface area (Å²) in [6.45, 7) is 2.54. The van der Waals surface area contributed by atoms with Gasteiger partial charge in [-0.3, -0.25) is 5.43 Å². The van der Waals surface area contributed by atoms with Crippen LogP contribution in [0.15, 0.2) is 47.6 Å². The molecule has 0 aliphatic rings. The number of nitrogens with zero attached hydrogens (tertiary/aromatic N) is 1. The second-order valence-electron chi connectivity index (χ2n) is 4.20. The normalized spacial score (nSPS) is 10.6. The van der Waals surface area contributed by atoms with Gasteiger partial charge in [-0.25, -0.2) is 0 Å². The van der Waals surface area contributed by atoms with Gasteiger partial charge < -0.3 is 9.47 Å². The Kier molecular flexibility index (Phi) is 5.86. The highest BCUT2D eigenvalue weighted by Crippen LogP contribution is 2.33. The molecule has 0 bridgehead atoms. The van der Waals surface area contributed by atoms with E-state index in [4.69, 9.17) is 9.47 Å². The minimum Gasteiger partial charge on any atom is -0.492 e. The summed E-state index contributed by atoms with van der Waals surface area (Å²) >= 11 is 2.23. The summed E-state index contributed by atoms with van der Waals surface area (Å²) in [6, 6.07) is 13.7. The van der Waals surface area contributed by atoms with Crippen LogP contribution in [0.25, 0.3) is 0 Å². The fraction of sp³-hybridized carbons (Fsp3) is 0.188. The lowest BCUT2D eigenvalue weighted by Crippen LogP contribution is -1.99. The second-order valence-corrected chi connectivity index (χ2v) is 5.37. The monoisotopic (exact) mass is 396 g/mol. The summed E-state index contributed by atoms with van der Waals surface area (Å²) in [5.41, 5.74) is 4.88. The molecule has 110 valence electrons. The maximum absolute atomic E-state index is 5.60. The van der Waals surface area contributed by atoms with Crippen LogP contribution >= 0.6 is 22.6 Å². The molecule has 2 aromatic rings. The molecule has 1 N–H and O–H groups in total. The number of hydrogen-bond acceptors (Lipinski definition) is 4. The summed E-state index contributed by atoms with van der Waals surface area (Å²) < 4.78 is 12.0. The van der Waals surface area contributed by atoms with E-state index in [-0.39, 0.29) is 0 Å². The summed E-state index contributed by atoms with van der Waals surface area (Å²) in [7, 11) is 1.64. The molecule has 0 spiro atoms. The standard InChI is InChI=1S/C16H17IN2O2/c1-3-21-15-10-12(9-14(17)16(15)20-2)11-18-19-13-7-5-4-6-8-13/h4-11,19H,3H2,1-2H3/b18-11-. The number of benzene rings is 2. The molecular formula is C16H17IN2O2. The number of rotatable bonds is 6. The van der Waals surface area contributed by atoms with Crippen molar-refractivity contribution in [3.8, 4) is 11.5 Å². The van der Waals surface area contributed by atoms with Crippen molar-refractivity contribution in [3.05, 3.63) is 51.6 Å². The van der Waals surface area contributed by atoms with E-state index in [9.17, 15) is 0 Å². The molecule has 0 amide bonds. The SMILES string of the molecule is CCOc1cc(/C=N\Nc2ccccc2)cc(I)c1OC. The number of halogens is 1. The molecule has 0 saturated heterocycles. The van der Waals surface area contributed by atoms with Crippen molar-refractivity contribution in [3.63, 3.8) is 0 Å². The molecule has 0 aromatic heterocycles. The lowest BCUT2D eigenvalue weighted by Gasteiger charge is -2.11. The Morgan fingerprint density at radius 1 is 1.24 bits per heavy atom. The first kappa shape index (κ1) is 15.6. The number of para-hydroxylation sites is 1. The van der Waals surface area contributed by atoms with Gasteiger partial charge in [0, 0.05) is 0 Å². The lowest BCUT2D eigenvalue weighted by molar-refractivity contribution is 0.309. The minimum absolute atomic E-state index is 0.593. The highest BCUT2D eigenvalue weighted by Gasteiger charge is 2.10. The number of methoxy groups -OCH3 is 1. The highest BCUT2D eigenvalue weighted by atomic mass is 127. The fourth-order valence-electron chi connectivity index (χ4n) is 1.82. The van der Waals surface area contributed by atoms with E-state index in [2.05, 4.69) is 33.1 Å². The number of hydrazone groups is 1. The highest BCUT2D eigenvalue weighted by molar-refractivity contribution is 14.1. The summed E-state index contributed by atoms with van der Waals surface area (Å²) in [5, 5.41) is 4.23. The number of ether oxygens (including phenoxy) is 2. The molecule has 0 radical (unpaired) electrons. The molecule has 0 saturated carbocycles. The molecule has 0 fully saturated rings. The molecular weight excluding hydrogens is 379 g/mol. The van der Waals surface area contributed by atoms with Crippen LogP contribution in [0.2, 0.25) is 0 Å². The van der Waals surface area contributed by atoms with Crippen molar-refractivity contribution in [1.29, 1.82) is 0 Å². The molecule has 2 rings (SSSR count). The first-order valence-corrected chi connectivity index (χ1v) is 7.67. The minimum atomic E-state index is 0.593. The van der Waals surface area contributed by atoms with Gasteiger partial charge in [0.1, 0.15) is 0 Å². The molecule has 0 aliphatic carbocycles. The summed E-state index contributed by atoms with van der Waals surface area (Å²) in [4.78, 5) is 0. The van der Waals surface area contributed by atoms with Gasteiger partial charge in [0.2, 0.25) is 0 Å². The Morgan fingerprint density at radius 3 is 2.67 bits per heavy atom. The van der Waals surface area contributed by atoms with Gasteiger partial charge in [-0.1, -0.05) is 18.2 Å². The third-order valence-corrected chi connectivity index (χ3v) is 3.52. The zero-order valence-corrected chi connectivity index (χ0v) is 14.1. The van der Waals surface area contributed by atoms with Crippen LogP contribution in [-0.4, -0.2) is 19.9 Å². The Bertz CT molecular complexity index is 615. The van der Waals surface area contributed by atoms with E-state index in [0.717, 1.165) is 26.3 Å². The van der Waals surface area contributed by atoms with Crippen LogP contribution in [0.5, 0.6) is 11.5 Å². The Hall–Kier alpha value is -1.76. The van der Waals surface area contributed by atoms with Crippen molar-refractivity contribution >= 4 is 34.5 Å². The number of hydrogen-bond donors (Lipinski definition) is 1. The van der Waals surface area contributed by atoms with E-state index < -0.39 is 0 Å². The molecule has 0 aliphatic heterocycles. The third-order valence-electron chi connectivity index (χ3n) is 2.72. The van der Waals surface area contributed by atoms with Gasteiger partial charge in [-0.2, -0.15) is 5.10 Å². The quantitative estimate of drug-likeness (QED) is 0.453. The van der Waals surface area contributed by atoms with Crippen LogP contribution in [-0.2, 0) is 0 Å². The zero-order chi connectivity index (χ0) is 15.1. The number of nitrogens with one attached hydrogen (secondary N) is 1. The first-order valence-electron chi connectivity index (χ1n) is 6.59. The van der Waals surface area contributed by atoms with Gasteiger partial charge in [-0.15, -0.1) is 0 Å². The lowest BCUT2D eigenvalue weighted by atomic mass is 10.2. The van der Waals surface area contributed by atoms with E-state index >= 15 is 0 Å². The maximum Gasteiger partial charge on any atom is 0.174 e. The van der Waals surface area contributed by atoms with Crippen LogP contribution < -0.4 is 14.9 Å². The van der Waals surface area contributed by atoms with Crippen LogP contribution in [0.4, 0.5) is 5.69 Å². The van der Waals surface area contributed by atoms with Crippen LogP contribution in [0, 0.1) is 3.57 Å². The van der Waals surface area contributed by atoms with Crippen molar-refractivity contribution in [2.75, 3.05) is 19.1 Å². The molecule has 21 heavy (non-hydrogen) atoms. The average Bonchev–Trinajstić information content (AvgIpc) is 2.48. The summed E-state index contributed by atoms with van der Waals surface area (Å²) in [6.07, 6.45) is 1.76. The fourth-order valence-corrected chi connectivity index (χ4v) is 2.66. The van der Waals surface area contributed by atoms with Crippen molar-refractivity contribution in [1.82, 2.24) is 0 Å². The van der Waals surface area contributed by atoms with Gasteiger partial charge in [0.25, 0.3) is 0 Å². The molecule has 0 unspecified atom stereocenters.